The Morgan fingerprint density at radius 2 is 1.22 bits per heavy atom. The second-order valence-corrected chi connectivity index (χ2v) is 16.0. The molecule has 3 aliphatic carbocycles. The zero-order valence-corrected chi connectivity index (χ0v) is 33.3. The van der Waals surface area contributed by atoms with E-state index < -0.39 is 5.41 Å². The Balaban J connectivity index is 1.03. The molecule has 59 heavy (non-hydrogen) atoms. The van der Waals surface area contributed by atoms with Crippen molar-refractivity contribution in [3.8, 4) is 11.1 Å². The number of allylic oxidation sites excluding steroid dienone is 8. The summed E-state index contributed by atoms with van der Waals surface area (Å²) in [6, 6.07) is 59.8. The third-order valence-corrected chi connectivity index (χ3v) is 12.3. The van der Waals surface area contributed by atoms with Crippen LogP contribution >= 0.6 is 0 Å². The number of amidine groups is 1. The van der Waals surface area contributed by atoms with Gasteiger partial charge < -0.3 is 5.32 Å². The molecule has 4 aliphatic rings. The summed E-state index contributed by atoms with van der Waals surface area (Å²) < 4.78 is 0. The van der Waals surface area contributed by atoms with Crippen molar-refractivity contribution in [1.82, 2.24) is 10.6 Å². The highest BCUT2D eigenvalue weighted by Crippen LogP contribution is 2.47. The maximum Gasteiger partial charge on any atom is 0.131 e. The smallest absolute Gasteiger partial charge is 0.131 e. The van der Waals surface area contributed by atoms with Gasteiger partial charge in [-0.25, -0.2) is 4.99 Å². The molecule has 0 saturated heterocycles. The first-order chi connectivity index (χ1) is 29.1. The van der Waals surface area contributed by atoms with Crippen molar-refractivity contribution in [3.63, 3.8) is 0 Å². The summed E-state index contributed by atoms with van der Waals surface area (Å²) >= 11 is 0. The molecule has 6 aromatic carbocycles. The minimum atomic E-state index is -0.482. The molecule has 1 aliphatic heterocycles. The summed E-state index contributed by atoms with van der Waals surface area (Å²) in [5.74, 6) is 1.27. The largest absolute Gasteiger partial charge is 0.350 e. The van der Waals surface area contributed by atoms with Gasteiger partial charge in [-0.1, -0.05) is 219 Å². The minimum Gasteiger partial charge on any atom is -0.350 e. The summed E-state index contributed by atoms with van der Waals surface area (Å²) in [6.45, 7) is 2.21. The molecule has 0 saturated carbocycles. The summed E-state index contributed by atoms with van der Waals surface area (Å²) in [6.07, 6.45) is 19.4. The highest BCUT2D eigenvalue weighted by molar-refractivity contribution is 6.03. The quantitative estimate of drug-likeness (QED) is 0.152. The molecule has 0 aromatic heterocycles. The van der Waals surface area contributed by atoms with Gasteiger partial charge in [0.05, 0.1) is 5.41 Å². The zero-order valence-electron chi connectivity index (χ0n) is 33.3. The molecule has 0 amide bonds. The first kappa shape index (κ1) is 36.5. The standard InChI is InChI=1S/C56H47N3/c1-39-17-16-21-42(30-29-39)54-57-53(41-18-6-2-7-19-41)58-55(59-54)50-28-15-14-20-45-37-44-32-31-43(38-51(44)52(45)50)40-33-35-49(36-34-40)56(46-22-8-3-9-23-46,47-24-10-4-11-25-47)48-26-12-5-13-27-48/h2-19,21-36,38-39,53,55,58H,20,37H2,1H3,(H,57,59). The van der Waals surface area contributed by atoms with Crippen LogP contribution in [0.3, 0.4) is 0 Å². The minimum absolute atomic E-state index is 0.157. The van der Waals surface area contributed by atoms with Crippen LogP contribution in [0.2, 0.25) is 0 Å². The summed E-state index contributed by atoms with van der Waals surface area (Å²) in [5.41, 5.74) is 15.9. The molecule has 6 aromatic rings. The molecule has 286 valence electrons. The van der Waals surface area contributed by atoms with Gasteiger partial charge in [0.1, 0.15) is 18.2 Å². The van der Waals surface area contributed by atoms with E-state index in [0.717, 1.165) is 29.8 Å². The lowest BCUT2D eigenvalue weighted by atomic mass is 9.65. The normalized spacial score (nSPS) is 19.7. The molecule has 0 fully saturated rings. The van der Waals surface area contributed by atoms with Crippen molar-refractivity contribution in [3.05, 3.63) is 268 Å². The topological polar surface area (TPSA) is 36.4 Å². The fourth-order valence-electron chi connectivity index (χ4n) is 9.41. The van der Waals surface area contributed by atoms with Crippen LogP contribution in [0, 0.1) is 5.92 Å². The van der Waals surface area contributed by atoms with Crippen molar-refractivity contribution in [2.24, 2.45) is 10.9 Å². The van der Waals surface area contributed by atoms with Gasteiger partial charge in [-0.2, -0.15) is 0 Å². The number of nitrogens with one attached hydrogen (secondary N) is 2. The SMILES string of the molecule is CC1C=CC=C(C2=NC(c3ccccc3)NC(C3=CC=CCC4=C3c3cc(-c5ccc(C(c6ccccc6)(c6ccccc6)c6ccccc6)cc5)ccc3C4)N2)C=C1. The van der Waals surface area contributed by atoms with Crippen LogP contribution < -0.4 is 10.6 Å². The van der Waals surface area contributed by atoms with Gasteiger partial charge in [0.25, 0.3) is 0 Å². The molecule has 10 rings (SSSR count). The number of hydrogen-bond acceptors (Lipinski definition) is 3. The van der Waals surface area contributed by atoms with E-state index >= 15 is 0 Å². The van der Waals surface area contributed by atoms with E-state index in [1.54, 1.807) is 0 Å². The molecule has 2 N–H and O–H groups in total. The number of aliphatic imine (C=N–C) groups is 1. The maximum atomic E-state index is 5.26. The van der Waals surface area contributed by atoms with Crippen LogP contribution in [0.25, 0.3) is 16.7 Å². The average molecular weight is 762 g/mol. The lowest BCUT2D eigenvalue weighted by molar-refractivity contribution is 0.443. The van der Waals surface area contributed by atoms with Gasteiger partial charge in [-0.15, -0.1) is 0 Å². The van der Waals surface area contributed by atoms with E-state index in [2.05, 4.69) is 230 Å². The second-order valence-electron chi connectivity index (χ2n) is 16.0. The Morgan fingerprint density at radius 3 is 1.88 bits per heavy atom. The van der Waals surface area contributed by atoms with Crippen LogP contribution in [0.15, 0.2) is 234 Å². The first-order valence-corrected chi connectivity index (χ1v) is 20.9. The van der Waals surface area contributed by atoms with E-state index in [-0.39, 0.29) is 12.3 Å². The first-order valence-electron chi connectivity index (χ1n) is 20.9. The monoisotopic (exact) mass is 761 g/mol. The van der Waals surface area contributed by atoms with Crippen LogP contribution in [-0.2, 0) is 11.8 Å². The predicted molar refractivity (Wildman–Crippen MR) is 245 cm³/mol. The van der Waals surface area contributed by atoms with Crippen molar-refractivity contribution in [1.29, 1.82) is 0 Å². The van der Waals surface area contributed by atoms with E-state index in [1.807, 2.05) is 0 Å². The highest BCUT2D eigenvalue weighted by atomic mass is 15.3. The Hall–Kier alpha value is -6.81. The third-order valence-electron chi connectivity index (χ3n) is 12.3. The van der Waals surface area contributed by atoms with Crippen molar-refractivity contribution in [2.75, 3.05) is 0 Å². The van der Waals surface area contributed by atoms with E-state index in [1.165, 1.54) is 61.2 Å². The van der Waals surface area contributed by atoms with Crippen LogP contribution in [0.5, 0.6) is 0 Å². The van der Waals surface area contributed by atoms with Gasteiger partial charge in [0, 0.05) is 5.57 Å². The van der Waals surface area contributed by atoms with Crippen LogP contribution in [0.4, 0.5) is 0 Å². The molecule has 0 radical (unpaired) electrons. The summed E-state index contributed by atoms with van der Waals surface area (Å²) in [4.78, 5) is 5.26. The van der Waals surface area contributed by atoms with Gasteiger partial charge >= 0.3 is 0 Å². The fraction of sp³-hybridized carbons (Fsp3) is 0.125. The Morgan fingerprint density at radius 1 is 0.610 bits per heavy atom. The molecular weight excluding hydrogens is 715 g/mol. The molecule has 3 atom stereocenters. The van der Waals surface area contributed by atoms with Crippen LogP contribution in [0.1, 0.15) is 58.5 Å². The fourth-order valence-corrected chi connectivity index (χ4v) is 9.41. The van der Waals surface area contributed by atoms with Crippen LogP contribution in [-0.4, -0.2) is 12.0 Å². The summed E-state index contributed by atoms with van der Waals surface area (Å²) in [7, 11) is 0. The van der Waals surface area contributed by atoms with Gasteiger partial charge in [0.2, 0.25) is 0 Å². The number of rotatable bonds is 8. The number of fused-ring (bicyclic) bond motifs is 2. The lowest BCUT2D eigenvalue weighted by Gasteiger charge is -2.37. The molecule has 3 heteroatoms. The molecule has 0 spiro atoms. The van der Waals surface area contributed by atoms with Gasteiger partial charge in [0.15, 0.2) is 0 Å². The molecule has 3 unspecified atom stereocenters. The van der Waals surface area contributed by atoms with Gasteiger partial charge in [-0.05, 0) is 86.0 Å². The van der Waals surface area contributed by atoms with E-state index in [9.17, 15) is 0 Å². The predicted octanol–water partition coefficient (Wildman–Crippen LogP) is 12.2. The molecule has 3 nitrogen and oxygen atoms in total. The van der Waals surface area contributed by atoms with Crippen molar-refractivity contribution in [2.45, 2.75) is 37.5 Å². The van der Waals surface area contributed by atoms with E-state index in [0.29, 0.717) is 5.92 Å². The molecular formula is C56H47N3. The third kappa shape index (κ3) is 6.88. The Bertz CT molecular complexity index is 2600. The second kappa shape index (κ2) is 15.9. The number of nitrogens with zero attached hydrogens (tertiary/aromatic N) is 1. The number of hydrogen-bond donors (Lipinski definition) is 2. The van der Waals surface area contributed by atoms with Crippen molar-refractivity contribution >= 4 is 11.4 Å². The Kier molecular flexibility index (Phi) is 9.81. The molecule has 1 heterocycles. The maximum absolute atomic E-state index is 5.26. The number of benzene rings is 6. The van der Waals surface area contributed by atoms with Crippen molar-refractivity contribution < 1.29 is 0 Å². The molecule has 0 bridgehead atoms. The Labute approximate surface area is 348 Å². The zero-order chi connectivity index (χ0) is 39.6. The van der Waals surface area contributed by atoms with Gasteiger partial charge in [-0.3, -0.25) is 5.32 Å². The highest BCUT2D eigenvalue weighted by Gasteiger charge is 2.38. The lowest BCUT2D eigenvalue weighted by Crippen LogP contribution is -2.52. The summed E-state index contributed by atoms with van der Waals surface area (Å²) in [5, 5.41) is 7.77. The van der Waals surface area contributed by atoms with E-state index in [4.69, 9.17) is 4.99 Å². The average Bonchev–Trinajstić information content (AvgIpc) is 3.40.